The molecule has 5 heteroatoms. The van der Waals surface area contributed by atoms with Gasteiger partial charge >= 0.3 is 5.97 Å². The maximum Gasteiger partial charge on any atom is 0.306 e. The van der Waals surface area contributed by atoms with Gasteiger partial charge in [0.05, 0.1) is 17.6 Å². The molecule has 0 radical (unpaired) electrons. The average molecular weight is 270 g/mol. The number of benzene rings is 1. The third kappa shape index (κ3) is 2.16. The zero-order valence-electron chi connectivity index (χ0n) is 11.2. The fraction of sp³-hybridized carbons (Fsp3) is 0.267. The van der Waals surface area contributed by atoms with Crippen LogP contribution in [0.2, 0.25) is 0 Å². The van der Waals surface area contributed by atoms with Crippen molar-refractivity contribution in [2.24, 2.45) is 11.8 Å². The maximum absolute atomic E-state index is 12.4. The first-order chi connectivity index (χ1) is 9.47. The second-order valence-corrected chi connectivity index (χ2v) is 4.82. The molecule has 5 nitrogen and oxygen atoms in total. The van der Waals surface area contributed by atoms with E-state index in [1.165, 1.54) is 6.92 Å². The molecule has 20 heavy (non-hydrogen) atoms. The number of Topliss-reactive ketones (excluding diaryl/α,β-unsaturated/α-hetero) is 1. The predicted molar refractivity (Wildman–Crippen MR) is 73.3 cm³/mol. The molecule has 0 aliphatic rings. The number of aromatic nitrogens is 1. The number of aliphatic carboxylic acids is 1. The number of carboxylic acids is 1. The molecule has 0 aliphatic heterocycles. The van der Waals surface area contributed by atoms with E-state index in [1.54, 1.807) is 31.3 Å². The molecule has 1 aromatic carbocycles. The first kappa shape index (κ1) is 13.8. The lowest BCUT2D eigenvalue weighted by atomic mass is 9.88. The molecule has 2 rings (SSSR count). The van der Waals surface area contributed by atoms with Crippen LogP contribution in [0.4, 0.5) is 0 Å². The number of H-pyrrole nitrogens is 1. The Morgan fingerprint density at radius 1 is 1.30 bits per heavy atom. The highest BCUT2D eigenvalue weighted by Crippen LogP contribution is 2.26. The normalized spacial score (nSPS) is 13.7. The monoisotopic (exact) mass is 270 g/mol. The number of nitrogens with zero attached hydrogens (tertiary/aromatic N) is 1. The SMILES string of the molecule is CC(C(=O)O)C(C)C(=O)c1c[nH]c2cccc(C#N)c12. The van der Waals surface area contributed by atoms with Crippen molar-refractivity contribution in [1.82, 2.24) is 4.98 Å². The van der Waals surface area contributed by atoms with Gasteiger partial charge in [-0.3, -0.25) is 9.59 Å². The summed E-state index contributed by atoms with van der Waals surface area (Å²) in [5, 5.41) is 18.7. The summed E-state index contributed by atoms with van der Waals surface area (Å²) < 4.78 is 0. The number of carboxylic acid groups (broad SMARTS) is 1. The topological polar surface area (TPSA) is 93.9 Å². The van der Waals surface area contributed by atoms with E-state index in [0.29, 0.717) is 22.0 Å². The van der Waals surface area contributed by atoms with Crippen molar-refractivity contribution in [1.29, 1.82) is 5.26 Å². The van der Waals surface area contributed by atoms with Crippen molar-refractivity contribution >= 4 is 22.7 Å². The fourth-order valence-electron chi connectivity index (χ4n) is 2.16. The van der Waals surface area contributed by atoms with Gasteiger partial charge < -0.3 is 10.1 Å². The van der Waals surface area contributed by atoms with E-state index in [9.17, 15) is 9.59 Å². The second kappa shape index (κ2) is 5.17. The number of hydrogen-bond acceptors (Lipinski definition) is 3. The van der Waals surface area contributed by atoms with E-state index >= 15 is 0 Å². The molecular formula is C15H14N2O3. The van der Waals surface area contributed by atoms with Crippen molar-refractivity contribution in [3.63, 3.8) is 0 Å². The first-order valence-corrected chi connectivity index (χ1v) is 6.24. The quantitative estimate of drug-likeness (QED) is 0.835. The van der Waals surface area contributed by atoms with Gasteiger partial charge in [-0.15, -0.1) is 0 Å². The Bertz CT molecular complexity index is 724. The van der Waals surface area contributed by atoms with Crippen LogP contribution in [0.3, 0.4) is 0 Å². The van der Waals surface area contributed by atoms with Crippen molar-refractivity contribution in [2.75, 3.05) is 0 Å². The summed E-state index contributed by atoms with van der Waals surface area (Å²) in [5.74, 6) is -2.71. The van der Waals surface area contributed by atoms with E-state index in [1.807, 2.05) is 0 Å². The molecule has 2 atom stereocenters. The number of ketones is 1. The Kier molecular flexibility index (Phi) is 3.57. The molecule has 102 valence electrons. The number of carbonyl (C=O) groups is 2. The molecule has 0 amide bonds. The lowest BCUT2D eigenvalue weighted by Gasteiger charge is -2.14. The molecule has 0 bridgehead atoms. The minimum absolute atomic E-state index is 0.270. The molecular weight excluding hydrogens is 256 g/mol. The van der Waals surface area contributed by atoms with Gasteiger partial charge in [0, 0.05) is 28.6 Å². The zero-order valence-corrected chi connectivity index (χ0v) is 11.2. The third-order valence-electron chi connectivity index (χ3n) is 3.64. The minimum Gasteiger partial charge on any atom is -0.481 e. The highest BCUT2D eigenvalue weighted by atomic mass is 16.4. The highest BCUT2D eigenvalue weighted by Gasteiger charge is 2.28. The van der Waals surface area contributed by atoms with Crippen LogP contribution in [0.1, 0.15) is 29.8 Å². The molecule has 0 spiro atoms. The summed E-state index contributed by atoms with van der Waals surface area (Å²) in [4.78, 5) is 26.4. The van der Waals surface area contributed by atoms with E-state index in [4.69, 9.17) is 10.4 Å². The number of hydrogen-bond donors (Lipinski definition) is 2. The van der Waals surface area contributed by atoms with E-state index < -0.39 is 17.8 Å². The predicted octanol–water partition coefficient (Wildman–Crippen LogP) is 2.58. The molecule has 1 heterocycles. The van der Waals surface area contributed by atoms with Crippen molar-refractivity contribution in [2.45, 2.75) is 13.8 Å². The molecule has 2 unspecified atom stereocenters. The number of nitriles is 1. The number of nitrogens with one attached hydrogen (secondary N) is 1. The van der Waals surface area contributed by atoms with Gasteiger partial charge in [0.25, 0.3) is 0 Å². The maximum atomic E-state index is 12.4. The lowest BCUT2D eigenvalue weighted by molar-refractivity contribution is -0.142. The summed E-state index contributed by atoms with van der Waals surface area (Å²) in [6.07, 6.45) is 1.54. The van der Waals surface area contributed by atoms with Crippen LogP contribution < -0.4 is 0 Å². The zero-order chi connectivity index (χ0) is 14.9. The molecule has 2 aromatic rings. The van der Waals surface area contributed by atoms with Gasteiger partial charge in [-0.2, -0.15) is 5.26 Å². The number of aromatic amines is 1. The Hall–Kier alpha value is -2.61. The van der Waals surface area contributed by atoms with Gasteiger partial charge in [0.2, 0.25) is 0 Å². The number of rotatable bonds is 4. The summed E-state index contributed by atoms with van der Waals surface area (Å²) in [7, 11) is 0. The van der Waals surface area contributed by atoms with Gasteiger partial charge in [-0.1, -0.05) is 19.9 Å². The largest absolute Gasteiger partial charge is 0.481 e. The smallest absolute Gasteiger partial charge is 0.306 e. The Morgan fingerprint density at radius 3 is 2.60 bits per heavy atom. The van der Waals surface area contributed by atoms with Crippen molar-refractivity contribution < 1.29 is 14.7 Å². The molecule has 0 saturated heterocycles. The Labute approximate surface area is 115 Å². The van der Waals surface area contributed by atoms with Gasteiger partial charge in [-0.25, -0.2) is 0 Å². The van der Waals surface area contributed by atoms with Crippen LogP contribution >= 0.6 is 0 Å². The van der Waals surface area contributed by atoms with Crippen molar-refractivity contribution in [3.05, 3.63) is 35.5 Å². The number of fused-ring (bicyclic) bond motifs is 1. The van der Waals surface area contributed by atoms with E-state index in [0.717, 1.165) is 0 Å². The average Bonchev–Trinajstić information content (AvgIpc) is 2.88. The third-order valence-corrected chi connectivity index (χ3v) is 3.64. The summed E-state index contributed by atoms with van der Waals surface area (Å²) in [5.41, 5.74) is 1.47. The van der Waals surface area contributed by atoms with Crippen molar-refractivity contribution in [3.8, 4) is 6.07 Å². The van der Waals surface area contributed by atoms with Crippen LogP contribution in [0, 0.1) is 23.2 Å². The lowest BCUT2D eigenvalue weighted by Crippen LogP contribution is -2.25. The second-order valence-electron chi connectivity index (χ2n) is 4.82. The fourth-order valence-corrected chi connectivity index (χ4v) is 2.16. The molecule has 0 aliphatic carbocycles. The van der Waals surface area contributed by atoms with Crippen LogP contribution in [0.25, 0.3) is 10.9 Å². The van der Waals surface area contributed by atoms with Crippen LogP contribution in [-0.4, -0.2) is 21.8 Å². The summed E-state index contributed by atoms with van der Waals surface area (Å²) >= 11 is 0. The van der Waals surface area contributed by atoms with Gasteiger partial charge in [0.15, 0.2) is 5.78 Å². The summed E-state index contributed by atoms with van der Waals surface area (Å²) in [6.45, 7) is 3.10. The van der Waals surface area contributed by atoms with Crippen LogP contribution in [-0.2, 0) is 4.79 Å². The van der Waals surface area contributed by atoms with Crippen LogP contribution in [0.15, 0.2) is 24.4 Å². The summed E-state index contributed by atoms with van der Waals surface area (Å²) in [6, 6.07) is 7.20. The Balaban J connectivity index is 2.51. The van der Waals surface area contributed by atoms with Crippen LogP contribution in [0.5, 0.6) is 0 Å². The molecule has 0 saturated carbocycles. The minimum atomic E-state index is -1.01. The van der Waals surface area contributed by atoms with Gasteiger partial charge in [-0.05, 0) is 12.1 Å². The van der Waals surface area contributed by atoms with E-state index in [-0.39, 0.29) is 5.78 Å². The van der Waals surface area contributed by atoms with Gasteiger partial charge in [0.1, 0.15) is 0 Å². The standard InChI is InChI=1S/C15H14N2O3/c1-8(9(2)15(19)20)14(18)11-7-17-12-5-3-4-10(6-16)13(11)12/h3-5,7-9,17H,1-2H3,(H,19,20). The Morgan fingerprint density at radius 2 is 2.00 bits per heavy atom. The highest BCUT2D eigenvalue weighted by molar-refractivity contribution is 6.11. The number of carbonyl (C=O) groups excluding carboxylic acids is 1. The molecule has 2 N–H and O–H groups in total. The molecule has 1 aromatic heterocycles. The van der Waals surface area contributed by atoms with E-state index in [2.05, 4.69) is 11.1 Å². The molecule has 0 fully saturated rings. The first-order valence-electron chi connectivity index (χ1n) is 6.24.